The molecular formula is C34H44F3N5O. The van der Waals surface area contributed by atoms with Crippen LogP contribution in [0.25, 0.3) is 0 Å². The highest BCUT2D eigenvalue weighted by molar-refractivity contribution is 5.94. The number of hydrogen-bond donors (Lipinski definition) is 2. The third-order valence-electron chi connectivity index (χ3n) is 10.3. The molecule has 1 aromatic heterocycles. The van der Waals surface area contributed by atoms with Crippen molar-refractivity contribution in [3.63, 3.8) is 0 Å². The van der Waals surface area contributed by atoms with Crippen LogP contribution in [-0.4, -0.2) is 59.2 Å². The minimum atomic E-state index is -4.38. The van der Waals surface area contributed by atoms with Crippen molar-refractivity contribution in [2.75, 3.05) is 16.8 Å². The predicted molar refractivity (Wildman–Crippen MR) is 166 cm³/mol. The highest BCUT2D eigenvalue weighted by Gasteiger charge is 2.47. The zero-order valence-corrected chi connectivity index (χ0v) is 25.2. The number of aromatic nitrogens is 1. The fourth-order valence-corrected chi connectivity index (χ4v) is 8.00. The van der Waals surface area contributed by atoms with Crippen LogP contribution < -0.4 is 15.1 Å². The van der Waals surface area contributed by atoms with Crippen molar-refractivity contribution in [1.29, 1.82) is 0 Å². The first-order valence-corrected chi connectivity index (χ1v) is 15.9. The lowest BCUT2D eigenvalue weighted by molar-refractivity contribution is -0.137. The summed E-state index contributed by atoms with van der Waals surface area (Å²) in [5.41, 5.74) is 4.28. The average Bonchev–Trinajstić information content (AvgIpc) is 3.11. The number of pyridine rings is 1. The number of aliphatic hydroxyl groups is 1. The fraction of sp³-hybridized carbons (Fsp3) is 0.588. The first-order chi connectivity index (χ1) is 20.6. The van der Waals surface area contributed by atoms with E-state index in [4.69, 9.17) is 4.99 Å². The van der Waals surface area contributed by atoms with Crippen LogP contribution in [0.3, 0.4) is 0 Å². The van der Waals surface area contributed by atoms with Gasteiger partial charge in [0.05, 0.1) is 41.2 Å². The molecule has 9 heteroatoms. The first-order valence-electron chi connectivity index (χ1n) is 15.9. The van der Waals surface area contributed by atoms with Gasteiger partial charge in [0.2, 0.25) is 0 Å². The molecule has 0 radical (unpaired) electrons. The van der Waals surface area contributed by atoms with Gasteiger partial charge in [-0.15, -0.1) is 0 Å². The SMILES string of the molecule is C=C1C2CCCCC2NC2CC(N(C)c3cccnc3C)C(=NC3CCC(O)CC3)CC2N1c1ccc(C(F)(F)F)cc1. The lowest BCUT2D eigenvalue weighted by Crippen LogP contribution is -2.59. The van der Waals surface area contributed by atoms with Crippen molar-refractivity contribution in [1.82, 2.24) is 10.3 Å². The summed E-state index contributed by atoms with van der Waals surface area (Å²) in [5, 5.41) is 14.2. The number of alkyl halides is 3. The number of fused-ring (bicyclic) bond motifs is 2. The number of aliphatic imine (C=N–C) groups is 1. The van der Waals surface area contributed by atoms with Crippen molar-refractivity contribution in [3.05, 3.63) is 66.1 Å². The second kappa shape index (κ2) is 12.2. The van der Waals surface area contributed by atoms with E-state index in [9.17, 15) is 18.3 Å². The highest BCUT2D eigenvalue weighted by atomic mass is 19.4. The van der Waals surface area contributed by atoms with Gasteiger partial charge in [-0.2, -0.15) is 13.2 Å². The Morgan fingerprint density at radius 2 is 1.74 bits per heavy atom. The lowest BCUT2D eigenvalue weighted by Gasteiger charge is -2.46. The van der Waals surface area contributed by atoms with E-state index < -0.39 is 11.7 Å². The Morgan fingerprint density at radius 3 is 2.44 bits per heavy atom. The van der Waals surface area contributed by atoms with Crippen LogP contribution >= 0.6 is 0 Å². The summed E-state index contributed by atoms with van der Waals surface area (Å²) in [7, 11) is 2.13. The molecule has 0 spiro atoms. The van der Waals surface area contributed by atoms with Crippen LogP contribution in [0.2, 0.25) is 0 Å². The minimum absolute atomic E-state index is 0.0255. The van der Waals surface area contributed by atoms with Crippen LogP contribution in [0.5, 0.6) is 0 Å². The Labute approximate surface area is 253 Å². The normalized spacial score (nSPS) is 32.6. The van der Waals surface area contributed by atoms with Gasteiger partial charge >= 0.3 is 6.18 Å². The maximum Gasteiger partial charge on any atom is 0.416 e. The molecule has 5 atom stereocenters. The molecule has 0 bridgehead atoms. The topological polar surface area (TPSA) is 64.0 Å². The van der Waals surface area contributed by atoms with Crippen molar-refractivity contribution in [2.24, 2.45) is 10.9 Å². The Hall–Kier alpha value is -2.91. The van der Waals surface area contributed by atoms with Crippen LogP contribution in [0.1, 0.15) is 75.5 Å². The van der Waals surface area contributed by atoms with E-state index in [0.29, 0.717) is 6.42 Å². The van der Waals surface area contributed by atoms with Crippen molar-refractivity contribution < 1.29 is 18.3 Å². The van der Waals surface area contributed by atoms with E-state index in [1.54, 1.807) is 12.1 Å². The molecule has 2 heterocycles. The number of nitrogens with one attached hydrogen (secondary N) is 1. The average molecular weight is 596 g/mol. The van der Waals surface area contributed by atoms with Gasteiger partial charge in [0.1, 0.15) is 0 Å². The summed E-state index contributed by atoms with van der Waals surface area (Å²) in [6.45, 7) is 6.65. The standard InChI is InChI=1S/C34H44F3N5O/c1-21-31(9-6-18-38-21)41(3)32-19-30-33(20-29(32)39-24-12-16-26(43)17-13-24)42(22(2)27-7-4-5-8-28(27)40-30)25-14-10-23(11-15-25)34(35,36)37/h6,9-11,14-15,18,24,26-28,30,32-33,40,43H,2,4-5,7-8,12-13,16-17,19-20H2,1,3H3. The van der Waals surface area contributed by atoms with E-state index in [1.165, 1.54) is 12.1 Å². The number of rotatable bonds is 4. The van der Waals surface area contributed by atoms with Crippen molar-refractivity contribution >= 4 is 17.1 Å². The Bertz CT molecular complexity index is 1320. The number of hydrogen-bond acceptors (Lipinski definition) is 6. The first kappa shape index (κ1) is 30.1. The molecule has 6 nitrogen and oxygen atoms in total. The Balaban J connectivity index is 1.40. The predicted octanol–water partition coefficient (Wildman–Crippen LogP) is 6.67. The molecule has 2 N–H and O–H groups in total. The molecule has 2 aromatic rings. The van der Waals surface area contributed by atoms with E-state index in [-0.39, 0.29) is 42.2 Å². The van der Waals surface area contributed by atoms with Crippen LogP contribution in [0.15, 0.2) is 59.9 Å². The van der Waals surface area contributed by atoms with Gasteiger partial charge in [0.15, 0.2) is 0 Å². The largest absolute Gasteiger partial charge is 0.416 e. The summed E-state index contributed by atoms with van der Waals surface area (Å²) < 4.78 is 40.5. The van der Waals surface area contributed by atoms with Gasteiger partial charge in [-0.1, -0.05) is 19.4 Å². The molecule has 43 heavy (non-hydrogen) atoms. The zero-order chi connectivity index (χ0) is 30.3. The minimum Gasteiger partial charge on any atom is -0.393 e. The van der Waals surface area contributed by atoms with E-state index >= 15 is 0 Å². The number of anilines is 2. The number of nitrogens with zero attached hydrogens (tertiary/aromatic N) is 4. The smallest absolute Gasteiger partial charge is 0.393 e. The summed E-state index contributed by atoms with van der Waals surface area (Å²) in [6, 6.07) is 10.3. The Kier molecular flexibility index (Phi) is 8.57. The molecule has 1 aliphatic heterocycles. The molecule has 4 fully saturated rings. The second-order valence-corrected chi connectivity index (χ2v) is 13.0. The maximum atomic E-state index is 13.5. The van der Waals surface area contributed by atoms with Crippen molar-refractivity contribution in [2.45, 2.75) is 114 Å². The van der Waals surface area contributed by atoms with Gasteiger partial charge in [-0.05, 0) is 88.3 Å². The summed E-state index contributed by atoms with van der Waals surface area (Å²) in [4.78, 5) is 14.5. The van der Waals surface area contributed by atoms with Gasteiger partial charge in [-0.3, -0.25) is 9.98 Å². The van der Waals surface area contributed by atoms with Gasteiger partial charge in [-0.25, -0.2) is 0 Å². The highest BCUT2D eigenvalue weighted by Crippen LogP contribution is 2.43. The van der Waals surface area contributed by atoms with Crippen LogP contribution in [-0.2, 0) is 6.18 Å². The fourth-order valence-electron chi connectivity index (χ4n) is 8.00. The molecule has 4 aliphatic rings. The third-order valence-corrected chi connectivity index (χ3v) is 10.3. The van der Waals surface area contributed by atoms with E-state index in [1.807, 2.05) is 19.2 Å². The van der Waals surface area contributed by atoms with Gasteiger partial charge < -0.3 is 20.2 Å². The van der Waals surface area contributed by atoms with E-state index in [2.05, 4.69) is 39.8 Å². The van der Waals surface area contributed by atoms with Gasteiger partial charge in [0.25, 0.3) is 0 Å². The quantitative estimate of drug-likeness (QED) is 0.413. The van der Waals surface area contributed by atoms with Gasteiger partial charge in [0, 0.05) is 54.8 Å². The zero-order valence-electron chi connectivity index (χ0n) is 25.2. The lowest BCUT2D eigenvalue weighted by atomic mass is 9.81. The molecule has 3 aliphatic carbocycles. The molecule has 1 aromatic carbocycles. The molecule has 6 rings (SSSR count). The Morgan fingerprint density at radius 1 is 1.02 bits per heavy atom. The summed E-state index contributed by atoms with van der Waals surface area (Å²) in [5.74, 6) is 0.235. The number of aliphatic hydroxyl groups excluding tert-OH is 1. The van der Waals surface area contributed by atoms with Crippen LogP contribution in [0.4, 0.5) is 24.5 Å². The molecule has 232 valence electrons. The monoisotopic (exact) mass is 595 g/mol. The second-order valence-electron chi connectivity index (χ2n) is 13.0. The number of halogens is 3. The number of benzene rings is 1. The summed E-state index contributed by atoms with van der Waals surface area (Å²) in [6.07, 6.45) is 6.31. The van der Waals surface area contributed by atoms with Crippen LogP contribution in [0, 0.1) is 12.8 Å². The molecule has 5 unspecified atom stereocenters. The summed E-state index contributed by atoms with van der Waals surface area (Å²) >= 11 is 0. The molecule has 3 saturated carbocycles. The number of aryl methyl sites for hydroxylation is 1. The molecular weight excluding hydrogens is 551 g/mol. The van der Waals surface area contributed by atoms with E-state index in [0.717, 1.165) is 86.3 Å². The molecule has 1 saturated heterocycles. The molecule has 0 amide bonds. The van der Waals surface area contributed by atoms with Crippen molar-refractivity contribution in [3.8, 4) is 0 Å². The third kappa shape index (κ3) is 6.21. The maximum absolute atomic E-state index is 13.5.